The Balaban J connectivity index is 1.65. The van der Waals surface area contributed by atoms with Gasteiger partial charge in [0.05, 0.1) is 31.4 Å². The van der Waals surface area contributed by atoms with Gasteiger partial charge in [0.2, 0.25) is 11.6 Å². The number of carbonyl (C=O) groups is 3. The molecule has 0 bridgehead atoms. The fraction of sp³-hybridized carbons (Fsp3) is 0.526. The van der Waals surface area contributed by atoms with Crippen LogP contribution in [0.1, 0.15) is 13.3 Å². The van der Waals surface area contributed by atoms with Crippen molar-refractivity contribution in [1.82, 2.24) is 10.2 Å². The van der Waals surface area contributed by atoms with E-state index in [2.05, 4.69) is 5.32 Å². The largest absolute Gasteiger partial charge is 0.438 e. The summed E-state index contributed by atoms with van der Waals surface area (Å²) < 4.78 is 59.7. The standard InChI is InChI=1S/C19H23F4N5O4/c1-10(29)26-14-8-19(14)9-28(18(31)32-19)11-6-12(20)15(13(21)7-11)25-3-5-27(4-2-24)17(30)16(22)23/h6-7,14,16,25H,2-5,8-9,24H2,1H3,(H,26,29)/p+1/t14-,19-/m0/s1. The van der Waals surface area contributed by atoms with Crippen molar-refractivity contribution >= 4 is 29.3 Å². The number of carbonyl (C=O) groups excluding carboxylic acids is 3. The number of amides is 3. The predicted octanol–water partition coefficient (Wildman–Crippen LogP) is -0.184. The summed E-state index contributed by atoms with van der Waals surface area (Å²) in [4.78, 5) is 36.8. The second-order valence-electron chi connectivity index (χ2n) is 7.71. The highest BCUT2D eigenvalue weighted by Crippen LogP contribution is 2.46. The molecule has 3 amide bonds. The molecule has 0 aromatic heterocycles. The molecular weight excluding hydrogens is 438 g/mol. The molecule has 1 spiro atoms. The molecule has 13 heteroatoms. The molecule has 2 aliphatic rings. The number of nitrogens with two attached hydrogens (primary N) is 2. The minimum atomic E-state index is -3.20. The summed E-state index contributed by atoms with van der Waals surface area (Å²) >= 11 is 0. The highest BCUT2D eigenvalue weighted by molar-refractivity contribution is 5.91. The van der Waals surface area contributed by atoms with Crippen LogP contribution in [0, 0.1) is 11.6 Å². The smallest absolute Gasteiger partial charge is 0.415 e. The maximum atomic E-state index is 14.6. The Morgan fingerprint density at radius 2 is 2.00 bits per heavy atom. The molecule has 3 rings (SSSR count). The van der Waals surface area contributed by atoms with Crippen molar-refractivity contribution in [2.75, 3.05) is 37.6 Å². The van der Waals surface area contributed by atoms with Crippen LogP contribution in [-0.2, 0) is 14.3 Å². The van der Waals surface area contributed by atoms with E-state index in [1.165, 1.54) is 6.92 Å². The van der Waals surface area contributed by atoms with Gasteiger partial charge in [0.25, 0.3) is 5.91 Å². The van der Waals surface area contributed by atoms with Gasteiger partial charge in [-0.25, -0.2) is 13.6 Å². The summed E-state index contributed by atoms with van der Waals surface area (Å²) in [6, 6.07) is 1.57. The van der Waals surface area contributed by atoms with Gasteiger partial charge in [0, 0.05) is 38.6 Å². The lowest BCUT2D eigenvalue weighted by atomic mass is 10.2. The second kappa shape index (κ2) is 9.28. The van der Waals surface area contributed by atoms with Gasteiger partial charge in [-0.15, -0.1) is 0 Å². The van der Waals surface area contributed by atoms with Crippen molar-refractivity contribution in [2.24, 2.45) is 5.73 Å². The second-order valence-corrected chi connectivity index (χ2v) is 7.71. The van der Waals surface area contributed by atoms with E-state index in [1.54, 1.807) is 0 Å². The summed E-state index contributed by atoms with van der Waals surface area (Å²) in [5, 5.41) is 3.80. The van der Waals surface area contributed by atoms with Crippen LogP contribution in [0.2, 0.25) is 0 Å². The maximum absolute atomic E-state index is 14.6. The van der Waals surface area contributed by atoms with Gasteiger partial charge in [0.1, 0.15) is 0 Å². The van der Waals surface area contributed by atoms with Crippen molar-refractivity contribution in [3.8, 4) is 0 Å². The molecule has 1 saturated heterocycles. The molecule has 1 aliphatic carbocycles. The van der Waals surface area contributed by atoms with Crippen molar-refractivity contribution < 1.29 is 42.0 Å². The number of alkyl halides is 2. The average molecular weight is 462 g/mol. The lowest BCUT2D eigenvalue weighted by molar-refractivity contribution is -0.574. The van der Waals surface area contributed by atoms with Gasteiger partial charge in [0.15, 0.2) is 17.2 Å². The van der Waals surface area contributed by atoms with Crippen LogP contribution in [-0.4, -0.2) is 73.6 Å². The van der Waals surface area contributed by atoms with Crippen molar-refractivity contribution in [1.29, 1.82) is 0 Å². The minimum Gasteiger partial charge on any atom is -0.438 e. The third kappa shape index (κ3) is 4.93. The summed E-state index contributed by atoms with van der Waals surface area (Å²) in [5.74, 6) is -3.61. The number of nitrogens with one attached hydrogen (secondary N) is 1. The highest BCUT2D eigenvalue weighted by Gasteiger charge is 2.64. The quantitative estimate of drug-likeness (QED) is 0.347. The van der Waals surface area contributed by atoms with Gasteiger partial charge in [-0.3, -0.25) is 14.5 Å². The summed E-state index contributed by atoms with van der Waals surface area (Å²) in [6.45, 7) is 0.943. The van der Waals surface area contributed by atoms with Crippen LogP contribution in [0.15, 0.2) is 12.1 Å². The maximum Gasteiger partial charge on any atom is 0.415 e. The summed E-state index contributed by atoms with van der Waals surface area (Å²) in [6.07, 6.45) is -3.58. The van der Waals surface area contributed by atoms with Gasteiger partial charge in [-0.05, 0) is 0 Å². The van der Waals surface area contributed by atoms with E-state index in [0.717, 1.165) is 27.2 Å². The molecule has 2 atom stereocenters. The molecule has 1 aromatic carbocycles. The Bertz CT molecular complexity index is 895. The molecule has 5 N–H and O–H groups in total. The Labute approximate surface area is 180 Å². The molecule has 1 heterocycles. The minimum absolute atomic E-state index is 0.0303. The fourth-order valence-electron chi connectivity index (χ4n) is 3.70. The number of hydrogen-bond acceptors (Lipinski definition) is 5. The number of quaternary nitrogens is 1. The zero-order valence-electron chi connectivity index (χ0n) is 17.2. The number of ether oxygens (including phenoxy) is 1. The third-order valence-corrected chi connectivity index (χ3v) is 5.36. The topological polar surface area (TPSA) is 122 Å². The molecule has 2 fully saturated rings. The molecule has 0 unspecified atom stereocenters. The number of benzene rings is 1. The van der Waals surface area contributed by atoms with E-state index in [-0.39, 0.29) is 50.4 Å². The van der Waals surface area contributed by atoms with E-state index < -0.39 is 41.3 Å². The van der Waals surface area contributed by atoms with Gasteiger partial charge >= 0.3 is 12.5 Å². The summed E-state index contributed by atoms with van der Waals surface area (Å²) in [7, 11) is 0. The molecule has 1 saturated carbocycles. The lowest BCUT2D eigenvalue weighted by Gasteiger charge is -2.20. The predicted molar refractivity (Wildman–Crippen MR) is 103 cm³/mol. The van der Waals surface area contributed by atoms with E-state index >= 15 is 0 Å². The lowest BCUT2D eigenvalue weighted by Crippen LogP contribution is -2.80. The van der Waals surface area contributed by atoms with Crippen molar-refractivity contribution in [3.05, 3.63) is 23.8 Å². The average Bonchev–Trinajstić information content (AvgIpc) is 3.23. The van der Waals surface area contributed by atoms with Gasteiger partial charge in [-0.2, -0.15) is 8.78 Å². The van der Waals surface area contributed by atoms with Crippen molar-refractivity contribution in [2.45, 2.75) is 31.4 Å². The van der Waals surface area contributed by atoms with E-state index in [1.807, 2.05) is 0 Å². The highest BCUT2D eigenvalue weighted by atomic mass is 19.3. The Morgan fingerprint density at radius 1 is 1.34 bits per heavy atom. The monoisotopic (exact) mass is 462 g/mol. The van der Waals surface area contributed by atoms with E-state index in [9.17, 15) is 31.9 Å². The fourth-order valence-corrected chi connectivity index (χ4v) is 3.70. The molecule has 176 valence electrons. The van der Waals surface area contributed by atoms with Crippen LogP contribution < -0.4 is 21.3 Å². The van der Waals surface area contributed by atoms with Crippen LogP contribution in [0.5, 0.6) is 0 Å². The molecular formula is C19H24F4N5O4+. The third-order valence-electron chi connectivity index (χ3n) is 5.36. The van der Waals surface area contributed by atoms with Crippen LogP contribution in [0.3, 0.4) is 0 Å². The molecule has 0 radical (unpaired) electrons. The normalized spacial score (nSPS) is 21.8. The van der Waals surface area contributed by atoms with E-state index in [4.69, 9.17) is 10.5 Å². The number of anilines is 1. The Kier molecular flexibility index (Phi) is 6.88. The first-order chi connectivity index (χ1) is 15.1. The Morgan fingerprint density at radius 3 is 2.56 bits per heavy atom. The zero-order valence-corrected chi connectivity index (χ0v) is 17.2. The molecule has 32 heavy (non-hydrogen) atoms. The van der Waals surface area contributed by atoms with Gasteiger partial charge < -0.3 is 26.0 Å². The first-order valence-electron chi connectivity index (χ1n) is 9.95. The number of hydrogen-bond donors (Lipinski definition) is 3. The van der Waals surface area contributed by atoms with Crippen molar-refractivity contribution in [3.63, 3.8) is 0 Å². The SMILES string of the molecule is CC(=O)N[C@H]1C[C@]12CN(c1cc(F)c([NH2+]CCN(CCN)C(=O)C(F)F)c(F)c1)C(=O)O2. The molecule has 1 aliphatic heterocycles. The first-order valence-corrected chi connectivity index (χ1v) is 9.95. The zero-order chi connectivity index (χ0) is 23.6. The number of rotatable bonds is 9. The summed E-state index contributed by atoms with van der Waals surface area (Å²) in [5.41, 5.74) is 3.94. The first kappa shape index (κ1) is 23.7. The molecule has 9 nitrogen and oxygen atoms in total. The van der Waals surface area contributed by atoms with Gasteiger partial charge in [-0.1, -0.05) is 0 Å². The van der Waals surface area contributed by atoms with Crippen LogP contribution in [0.25, 0.3) is 0 Å². The number of halogens is 4. The molecule has 1 aromatic rings. The van der Waals surface area contributed by atoms with E-state index in [0.29, 0.717) is 6.42 Å². The van der Waals surface area contributed by atoms with Crippen LogP contribution >= 0.6 is 0 Å². The van der Waals surface area contributed by atoms with Crippen LogP contribution in [0.4, 0.5) is 33.7 Å². The number of nitrogens with zero attached hydrogens (tertiary/aromatic N) is 2. The Hall–Kier alpha value is -2.93.